The van der Waals surface area contributed by atoms with Crippen molar-refractivity contribution in [3.63, 3.8) is 0 Å². The molecule has 0 radical (unpaired) electrons. The Morgan fingerprint density at radius 1 is 1.19 bits per heavy atom. The van der Waals surface area contributed by atoms with Gasteiger partial charge in [-0.1, -0.05) is 43.7 Å². The minimum atomic E-state index is 0.219. The third-order valence-corrected chi connectivity index (χ3v) is 4.67. The molecule has 0 N–H and O–H groups in total. The Morgan fingerprint density at radius 2 is 1.81 bits per heavy atom. The van der Waals surface area contributed by atoms with Gasteiger partial charge in [0.15, 0.2) is 5.78 Å². The van der Waals surface area contributed by atoms with E-state index < -0.39 is 0 Å². The Hall–Kier alpha value is -0.340. The van der Waals surface area contributed by atoms with Crippen molar-refractivity contribution in [2.45, 2.75) is 44.9 Å². The number of ketones is 1. The van der Waals surface area contributed by atoms with Crippen LogP contribution in [0.1, 0.15) is 54.6 Å². The van der Waals surface area contributed by atoms with E-state index in [-0.39, 0.29) is 11.7 Å². The highest BCUT2D eigenvalue weighted by Gasteiger charge is 2.23. The highest BCUT2D eigenvalue weighted by atomic mass is 35.5. The smallest absolute Gasteiger partial charge is 0.177 e. The molecule has 0 bridgehead atoms. The summed E-state index contributed by atoms with van der Waals surface area (Å²) in [6, 6.07) is 1.82. The van der Waals surface area contributed by atoms with Crippen LogP contribution in [0, 0.1) is 5.92 Å². The fourth-order valence-electron chi connectivity index (χ4n) is 2.37. The minimum absolute atomic E-state index is 0.219. The van der Waals surface area contributed by atoms with E-state index in [9.17, 15) is 4.79 Å². The van der Waals surface area contributed by atoms with Crippen molar-refractivity contribution >= 4 is 28.7 Å². The van der Waals surface area contributed by atoms with E-state index in [1.54, 1.807) is 0 Å². The van der Waals surface area contributed by atoms with Gasteiger partial charge in [0.25, 0.3) is 0 Å². The van der Waals surface area contributed by atoms with Crippen molar-refractivity contribution in [1.82, 2.24) is 0 Å². The zero-order valence-electron chi connectivity index (χ0n) is 9.38. The van der Waals surface area contributed by atoms with Gasteiger partial charge in [-0.2, -0.15) is 0 Å². The third-order valence-electron chi connectivity index (χ3n) is 3.32. The first-order valence-corrected chi connectivity index (χ1v) is 7.32. The Bertz CT molecular complexity index is 351. The lowest BCUT2D eigenvalue weighted by atomic mass is 9.88. The second kappa shape index (κ2) is 5.83. The van der Waals surface area contributed by atoms with Gasteiger partial charge in [-0.3, -0.25) is 4.79 Å². The van der Waals surface area contributed by atoms with Gasteiger partial charge in [-0.05, 0) is 24.3 Å². The van der Waals surface area contributed by atoms with Crippen molar-refractivity contribution in [1.29, 1.82) is 0 Å². The van der Waals surface area contributed by atoms with E-state index >= 15 is 0 Å². The van der Waals surface area contributed by atoms with Crippen molar-refractivity contribution in [3.8, 4) is 0 Å². The molecular formula is C13H17ClOS. The first kappa shape index (κ1) is 12.1. The second-order valence-electron chi connectivity index (χ2n) is 4.50. The Labute approximate surface area is 106 Å². The lowest BCUT2D eigenvalue weighted by Gasteiger charge is -2.17. The van der Waals surface area contributed by atoms with Crippen LogP contribution in [0.25, 0.3) is 0 Å². The Kier molecular flexibility index (Phi) is 4.42. The number of thiophene rings is 1. The molecule has 88 valence electrons. The molecule has 1 aromatic rings. The molecular weight excluding hydrogens is 240 g/mol. The quantitative estimate of drug-likeness (QED) is 0.685. The summed E-state index contributed by atoms with van der Waals surface area (Å²) in [4.78, 5) is 13.0. The summed E-state index contributed by atoms with van der Waals surface area (Å²) >= 11 is 7.50. The van der Waals surface area contributed by atoms with Crippen LogP contribution < -0.4 is 0 Å². The number of hydrogen-bond donors (Lipinski definition) is 0. The van der Waals surface area contributed by atoms with Crippen molar-refractivity contribution in [2.24, 2.45) is 5.92 Å². The van der Waals surface area contributed by atoms with Crippen molar-refractivity contribution < 1.29 is 4.79 Å². The predicted molar refractivity (Wildman–Crippen MR) is 69.5 cm³/mol. The average Bonchev–Trinajstić information content (AvgIpc) is 2.63. The summed E-state index contributed by atoms with van der Waals surface area (Å²) < 4.78 is 0. The van der Waals surface area contributed by atoms with E-state index in [0.717, 1.165) is 17.7 Å². The number of hydrogen-bond acceptors (Lipinski definition) is 2. The molecule has 1 aliphatic rings. The molecule has 0 unspecified atom stereocenters. The molecule has 1 saturated carbocycles. The molecule has 0 aromatic carbocycles. The second-order valence-corrected chi connectivity index (χ2v) is 5.83. The highest BCUT2D eigenvalue weighted by molar-refractivity contribution is 7.12. The molecule has 1 aliphatic carbocycles. The summed E-state index contributed by atoms with van der Waals surface area (Å²) in [5.41, 5.74) is 0. The van der Waals surface area contributed by atoms with Crippen LogP contribution in [0.2, 0.25) is 5.02 Å². The van der Waals surface area contributed by atoms with Crippen LogP contribution in [0.15, 0.2) is 11.4 Å². The van der Waals surface area contributed by atoms with Gasteiger partial charge >= 0.3 is 0 Å². The normalized spacial score (nSPS) is 19.1. The van der Waals surface area contributed by atoms with Gasteiger partial charge < -0.3 is 0 Å². The zero-order valence-corrected chi connectivity index (χ0v) is 10.9. The van der Waals surface area contributed by atoms with Crippen molar-refractivity contribution in [2.75, 3.05) is 0 Å². The van der Waals surface area contributed by atoms with E-state index in [1.165, 1.54) is 43.4 Å². The van der Waals surface area contributed by atoms with Crippen molar-refractivity contribution in [3.05, 3.63) is 21.3 Å². The maximum absolute atomic E-state index is 12.3. The van der Waals surface area contributed by atoms with Gasteiger partial charge in [0, 0.05) is 5.92 Å². The average molecular weight is 257 g/mol. The third kappa shape index (κ3) is 2.86. The summed E-state index contributed by atoms with van der Waals surface area (Å²) in [6.07, 6.45) is 8.38. The van der Waals surface area contributed by atoms with Gasteiger partial charge in [0.2, 0.25) is 0 Å². The monoisotopic (exact) mass is 256 g/mol. The molecule has 16 heavy (non-hydrogen) atoms. The number of carbonyl (C=O) groups is 1. The van der Waals surface area contributed by atoms with Gasteiger partial charge in [-0.15, -0.1) is 11.3 Å². The lowest BCUT2D eigenvalue weighted by molar-refractivity contribution is 0.0903. The zero-order chi connectivity index (χ0) is 11.4. The first-order chi connectivity index (χ1) is 7.79. The molecule has 0 atom stereocenters. The van der Waals surface area contributed by atoms with E-state index in [2.05, 4.69) is 0 Å². The van der Waals surface area contributed by atoms with Gasteiger partial charge in [0.1, 0.15) is 0 Å². The molecule has 1 aromatic heterocycles. The largest absolute Gasteiger partial charge is 0.293 e. The molecule has 3 heteroatoms. The van der Waals surface area contributed by atoms with Crippen LogP contribution in [-0.2, 0) is 0 Å². The van der Waals surface area contributed by atoms with Crippen LogP contribution in [0.4, 0.5) is 0 Å². The SMILES string of the molecule is O=C(c1sccc1Cl)C1CCCCCCC1. The molecule has 2 rings (SSSR count). The first-order valence-electron chi connectivity index (χ1n) is 6.06. The summed E-state index contributed by atoms with van der Waals surface area (Å²) in [5, 5.41) is 2.54. The van der Waals surface area contributed by atoms with Crippen LogP contribution in [0.3, 0.4) is 0 Å². The fraction of sp³-hybridized carbons (Fsp3) is 0.615. The minimum Gasteiger partial charge on any atom is -0.293 e. The molecule has 0 amide bonds. The molecule has 1 heterocycles. The molecule has 0 spiro atoms. The fourth-order valence-corrected chi connectivity index (χ4v) is 3.54. The molecule has 0 saturated heterocycles. The predicted octanol–water partition coefficient (Wildman–Crippen LogP) is 4.94. The lowest BCUT2D eigenvalue weighted by Crippen LogP contribution is -2.15. The van der Waals surface area contributed by atoms with E-state index in [0.29, 0.717) is 5.02 Å². The topological polar surface area (TPSA) is 17.1 Å². The van der Waals surface area contributed by atoms with Crippen LogP contribution >= 0.6 is 22.9 Å². The van der Waals surface area contributed by atoms with Crippen LogP contribution in [-0.4, -0.2) is 5.78 Å². The number of rotatable bonds is 2. The Morgan fingerprint density at radius 3 is 2.38 bits per heavy atom. The molecule has 1 fully saturated rings. The number of carbonyl (C=O) groups excluding carboxylic acids is 1. The summed E-state index contributed by atoms with van der Waals surface area (Å²) in [6.45, 7) is 0. The van der Waals surface area contributed by atoms with E-state index in [1.807, 2.05) is 11.4 Å². The molecule has 0 aliphatic heterocycles. The Balaban J connectivity index is 2.05. The van der Waals surface area contributed by atoms with Gasteiger partial charge in [-0.25, -0.2) is 0 Å². The number of Topliss-reactive ketones (excluding diaryl/α,β-unsaturated/α-hetero) is 1. The molecule has 1 nitrogen and oxygen atoms in total. The highest BCUT2D eigenvalue weighted by Crippen LogP contribution is 2.30. The summed E-state index contributed by atoms with van der Waals surface area (Å²) in [5.74, 6) is 0.498. The van der Waals surface area contributed by atoms with E-state index in [4.69, 9.17) is 11.6 Å². The standard InChI is InChI=1S/C13H17ClOS/c14-11-8-9-16-13(11)12(15)10-6-4-2-1-3-5-7-10/h8-10H,1-7H2. The maximum atomic E-state index is 12.3. The maximum Gasteiger partial charge on any atom is 0.177 e. The van der Waals surface area contributed by atoms with Crippen LogP contribution in [0.5, 0.6) is 0 Å². The summed E-state index contributed by atoms with van der Waals surface area (Å²) in [7, 11) is 0. The van der Waals surface area contributed by atoms with Gasteiger partial charge in [0.05, 0.1) is 9.90 Å². The number of halogens is 1.